The molecule has 76 valence electrons. The van der Waals surface area contributed by atoms with Crippen LogP contribution in [0.3, 0.4) is 0 Å². The highest BCUT2D eigenvalue weighted by molar-refractivity contribution is 5.79. The summed E-state index contributed by atoms with van der Waals surface area (Å²) in [6.45, 7) is 0. The lowest BCUT2D eigenvalue weighted by Gasteiger charge is -2.22. The van der Waals surface area contributed by atoms with E-state index in [1.807, 2.05) is 13.1 Å². The predicted octanol–water partition coefficient (Wildman–Crippen LogP) is -0.349. The Hall–Kier alpha value is -1.36. The van der Waals surface area contributed by atoms with Crippen molar-refractivity contribution in [3.05, 3.63) is 18.0 Å². The summed E-state index contributed by atoms with van der Waals surface area (Å²) in [5.41, 5.74) is 6.91. The number of amides is 1. The van der Waals surface area contributed by atoms with Crippen LogP contribution in [0, 0.1) is 0 Å². The Labute approximate surface area is 82.5 Å². The molecule has 2 N–H and O–H groups in total. The van der Waals surface area contributed by atoms with Gasteiger partial charge >= 0.3 is 0 Å². The minimum atomic E-state index is -0.122. The maximum absolute atomic E-state index is 11.4. The number of hydrogen-bond donors (Lipinski definition) is 1. The lowest BCUT2D eigenvalue weighted by Crippen LogP contribution is -2.31. The van der Waals surface area contributed by atoms with Gasteiger partial charge in [-0.3, -0.25) is 9.48 Å². The van der Waals surface area contributed by atoms with Crippen LogP contribution in [-0.2, 0) is 11.8 Å². The fraction of sp³-hybridized carbons (Fsp3) is 0.556. The molecule has 14 heavy (non-hydrogen) atoms. The minimum Gasteiger partial charge on any atom is -0.336 e. The monoisotopic (exact) mass is 194 g/mol. The summed E-state index contributed by atoms with van der Waals surface area (Å²) in [5, 5.41) is 4.08. The SMILES string of the molecule is CN1C(=O)C[C@H](N)[C@H]1c1ccnn1C. The van der Waals surface area contributed by atoms with Crippen molar-refractivity contribution < 1.29 is 4.79 Å². The first-order chi connectivity index (χ1) is 6.61. The molecule has 2 atom stereocenters. The zero-order valence-electron chi connectivity index (χ0n) is 8.34. The number of rotatable bonds is 1. The molecule has 2 heterocycles. The normalized spacial score (nSPS) is 27.4. The third kappa shape index (κ3) is 1.21. The van der Waals surface area contributed by atoms with Crippen LogP contribution in [0.5, 0.6) is 0 Å². The molecule has 1 aromatic heterocycles. The van der Waals surface area contributed by atoms with E-state index in [0.29, 0.717) is 6.42 Å². The van der Waals surface area contributed by atoms with Crippen molar-refractivity contribution in [2.24, 2.45) is 12.8 Å². The molecule has 1 aromatic rings. The molecule has 5 nitrogen and oxygen atoms in total. The van der Waals surface area contributed by atoms with Gasteiger partial charge in [0.1, 0.15) is 0 Å². The number of aromatic nitrogens is 2. The second-order valence-electron chi connectivity index (χ2n) is 3.70. The second-order valence-corrected chi connectivity index (χ2v) is 3.70. The number of carbonyl (C=O) groups is 1. The smallest absolute Gasteiger partial charge is 0.224 e. The Kier molecular flexibility index (Phi) is 2.03. The van der Waals surface area contributed by atoms with Crippen molar-refractivity contribution in [2.45, 2.75) is 18.5 Å². The van der Waals surface area contributed by atoms with Crippen molar-refractivity contribution in [3.8, 4) is 0 Å². The van der Waals surface area contributed by atoms with Crippen LogP contribution >= 0.6 is 0 Å². The standard InChI is InChI=1S/C9H14N4O/c1-12-8(14)5-6(10)9(12)7-3-4-11-13(7)2/h3-4,6,9H,5,10H2,1-2H3/t6-,9-/m0/s1. The molecule has 2 rings (SSSR count). The Morgan fingerprint density at radius 2 is 2.29 bits per heavy atom. The molecule has 1 aliphatic rings. The van der Waals surface area contributed by atoms with E-state index in [-0.39, 0.29) is 18.0 Å². The van der Waals surface area contributed by atoms with E-state index in [1.165, 1.54) is 0 Å². The maximum atomic E-state index is 11.4. The Morgan fingerprint density at radius 3 is 2.71 bits per heavy atom. The largest absolute Gasteiger partial charge is 0.336 e. The Balaban J connectivity index is 2.35. The van der Waals surface area contributed by atoms with Gasteiger partial charge in [0.2, 0.25) is 5.91 Å². The van der Waals surface area contributed by atoms with Crippen molar-refractivity contribution >= 4 is 5.91 Å². The Morgan fingerprint density at radius 1 is 1.57 bits per heavy atom. The number of nitrogens with zero attached hydrogens (tertiary/aromatic N) is 3. The number of likely N-dealkylation sites (N-methyl/N-ethyl adjacent to an activating group) is 1. The first kappa shape index (κ1) is 9.21. The first-order valence-corrected chi connectivity index (χ1v) is 4.60. The molecular formula is C9H14N4O. The van der Waals surface area contributed by atoms with Gasteiger partial charge in [-0.1, -0.05) is 0 Å². The van der Waals surface area contributed by atoms with Gasteiger partial charge in [-0.15, -0.1) is 0 Å². The average Bonchev–Trinajstić information content (AvgIpc) is 2.60. The molecule has 0 aliphatic carbocycles. The summed E-state index contributed by atoms with van der Waals surface area (Å²) in [7, 11) is 3.64. The van der Waals surface area contributed by atoms with Gasteiger partial charge in [-0.2, -0.15) is 5.10 Å². The Bertz CT molecular complexity index is 359. The summed E-state index contributed by atoms with van der Waals surface area (Å²) in [6.07, 6.45) is 2.14. The lowest BCUT2D eigenvalue weighted by atomic mass is 10.1. The molecule has 1 aliphatic heterocycles. The van der Waals surface area contributed by atoms with Gasteiger partial charge < -0.3 is 10.6 Å². The molecule has 1 saturated heterocycles. The van der Waals surface area contributed by atoms with Crippen molar-refractivity contribution in [2.75, 3.05) is 7.05 Å². The van der Waals surface area contributed by atoms with Crippen LogP contribution in [0.25, 0.3) is 0 Å². The molecule has 0 aromatic carbocycles. The molecule has 1 amide bonds. The minimum absolute atomic E-state index is 0.0324. The molecule has 0 spiro atoms. The predicted molar refractivity (Wildman–Crippen MR) is 51.3 cm³/mol. The van der Waals surface area contributed by atoms with E-state index >= 15 is 0 Å². The summed E-state index contributed by atoms with van der Waals surface area (Å²) in [4.78, 5) is 13.1. The van der Waals surface area contributed by atoms with Gasteiger partial charge in [0.15, 0.2) is 0 Å². The van der Waals surface area contributed by atoms with E-state index in [2.05, 4.69) is 5.10 Å². The third-order valence-corrected chi connectivity index (χ3v) is 2.79. The number of hydrogen-bond acceptors (Lipinski definition) is 3. The van der Waals surface area contributed by atoms with Crippen molar-refractivity contribution in [1.29, 1.82) is 0 Å². The van der Waals surface area contributed by atoms with Crippen LogP contribution in [-0.4, -0.2) is 33.7 Å². The van der Waals surface area contributed by atoms with Gasteiger partial charge in [0.05, 0.1) is 11.7 Å². The lowest BCUT2D eigenvalue weighted by molar-refractivity contribution is -0.127. The van der Waals surface area contributed by atoms with E-state index in [1.54, 1.807) is 22.8 Å². The topological polar surface area (TPSA) is 64.2 Å². The first-order valence-electron chi connectivity index (χ1n) is 4.60. The fourth-order valence-corrected chi connectivity index (χ4v) is 1.99. The summed E-state index contributed by atoms with van der Waals surface area (Å²) in [6, 6.07) is 1.75. The summed E-state index contributed by atoms with van der Waals surface area (Å²) >= 11 is 0. The maximum Gasteiger partial charge on any atom is 0.224 e. The zero-order chi connectivity index (χ0) is 10.3. The van der Waals surface area contributed by atoms with Crippen molar-refractivity contribution in [3.63, 3.8) is 0 Å². The highest BCUT2D eigenvalue weighted by Gasteiger charge is 2.37. The average molecular weight is 194 g/mol. The third-order valence-electron chi connectivity index (χ3n) is 2.79. The number of likely N-dealkylation sites (tertiary alicyclic amines) is 1. The van der Waals surface area contributed by atoms with Crippen molar-refractivity contribution in [1.82, 2.24) is 14.7 Å². The van der Waals surface area contributed by atoms with E-state index < -0.39 is 0 Å². The molecule has 0 bridgehead atoms. The molecule has 1 fully saturated rings. The van der Waals surface area contributed by atoms with Gasteiger partial charge in [0, 0.05) is 32.8 Å². The highest BCUT2D eigenvalue weighted by atomic mass is 16.2. The fourth-order valence-electron chi connectivity index (χ4n) is 1.99. The van der Waals surface area contributed by atoms with E-state index in [9.17, 15) is 4.79 Å². The van der Waals surface area contributed by atoms with Crippen LogP contribution in [0.4, 0.5) is 0 Å². The quantitative estimate of drug-likeness (QED) is 0.664. The zero-order valence-corrected chi connectivity index (χ0v) is 8.34. The summed E-state index contributed by atoms with van der Waals surface area (Å²) in [5.74, 6) is 0.101. The number of aryl methyl sites for hydroxylation is 1. The molecule has 0 unspecified atom stereocenters. The number of carbonyl (C=O) groups excluding carboxylic acids is 1. The molecule has 0 saturated carbocycles. The van der Waals surface area contributed by atoms with Gasteiger partial charge in [-0.25, -0.2) is 0 Å². The number of nitrogens with two attached hydrogens (primary N) is 1. The molecule has 5 heteroatoms. The van der Waals surface area contributed by atoms with Crippen LogP contribution in [0.1, 0.15) is 18.2 Å². The van der Waals surface area contributed by atoms with Crippen LogP contribution in [0.15, 0.2) is 12.3 Å². The molecular weight excluding hydrogens is 180 g/mol. The van der Waals surface area contributed by atoms with Crippen LogP contribution < -0.4 is 5.73 Å². The van der Waals surface area contributed by atoms with Gasteiger partial charge in [-0.05, 0) is 6.07 Å². The van der Waals surface area contributed by atoms with E-state index in [0.717, 1.165) is 5.69 Å². The van der Waals surface area contributed by atoms with Crippen LogP contribution in [0.2, 0.25) is 0 Å². The highest BCUT2D eigenvalue weighted by Crippen LogP contribution is 2.29. The van der Waals surface area contributed by atoms with Gasteiger partial charge in [0.25, 0.3) is 0 Å². The summed E-state index contributed by atoms with van der Waals surface area (Å²) < 4.78 is 1.76. The van der Waals surface area contributed by atoms with E-state index in [4.69, 9.17) is 5.73 Å². The second kappa shape index (κ2) is 3.09. The molecule has 0 radical (unpaired) electrons.